The van der Waals surface area contributed by atoms with Gasteiger partial charge in [-0.05, 0) is 32.1 Å². The minimum Gasteiger partial charge on any atom is -0.490 e. The Labute approximate surface area is 113 Å². The zero-order chi connectivity index (χ0) is 11.1. The van der Waals surface area contributed by atoms with E-state index in [2.05, 4.69) is 10.3 Å². The van der Waals surface area contributed by atoms with Gasteiger partial charge in [-0.3, -0.25) is 4.98 Å². The standard InChI is InChI=1S/C12H13N2O2.Ir/c15-6-13-11-7-2-1-3-9(7)14-12-8(11)4-5-10(12)16;/h10,16H,1-5H2,(H,13,14,15);/q-1;. The van der Waals surface area contributed by atoms with E-state index < -0.39 is 6.10 Å². The third kappa shape index (κ3) is 1.92. The molecule has 0 spiro atoms. The van der Waals surface area contributed by atoms with Crippen LogP contribution >= 0.6 is 0 Å². The van der Waals surface area contributed by atoms with Crippen LogP contribution in [0, 0.1) is 0 Å². The van der Waals surface area contributed by atoms with Crippen molar-refractivity contribution in [1.29, 1.82) is 0 Å². The fraction of sp³-hybridized carbons (Fsp3) is 0.500. The molecule has 2 aliphatic carbocycles. The minimum absolute atomic E-state index is 0. The maximum atomic E-state index is 10.5. The number of anilines is 1. The van der Waals surface area contributed by atoms with Crippen LogP contribution in [-0.4, -0.2) is 16.5 Å². The van der Waals surface area contributed by atoms with Gasteiger partial charge in [0.05, 0.1) is 18.2 Å². The predicted octanol–water partition coefficient (Wildman–Crippen LogP) is 1.03. The Balaban J connectivity index is 0.00000108. The van der Waals surface area contributed by atoms with E-state index in [1.165, 1.54) is 0 Å². The Hall–Kier alpha value is -0.771. The Kier molecular flexibility index (Phi) is 3.61. The summed E-state index contributed by atoms with van der Waals surface area (Å²) in [6.07, 6.45) is 5.78. The van der Waals surface area contributed by atoms with E-state index in [0.717, 1.165) is 53.9 Å². The van der Waals surface area contributed by atoms with Crippen molar-refractivity contribution in [3.8, 4) is 0 Å². The summed E-state index contributed by atoms with van der Waals surface area (Å²) in [6, 6.07) is 0. The molecule has 1 radical (unpaired) electrons. The molecule has 0 bridgehead atoms. The molecule has 93 valence electrons. The summed E-state index contributed by atoms with van der Waals surface area (Å²) in [7, 11) is 0. The SMILES string of the molecule is O=[C-]Nc1c2c(nc3c1CCC3O)CCC2.[Ir]. The van der Waals surface area contributed by atoms with Crippen LogP contribution in [0.2, 0.25) is 0 Å². The fourth-order valence-electron chi connectivity index (χ4n) is 2.79. The molecule has 1 aromatic heterocycles. The summed E-state index contributed by atoms with van der Waals surface area (Å²) < 4.78 is 0. The first-order valence-corrected chi connectivity index (χ1v) is 5.67. The summed E-state index contributed by atoms with van der Waals surface area (Å²) in [5.41, 5.74) is 4.83. The largest absolute Gasteiger partial charge is 0.490 e. The third-order valence-corrected chi connectivity index (χ3v) is 3.52. The van der Waals surface area contributed by atoms with E-state index >= 15 is 0 Å². The topological polar surface area (TPSA) is 62.2 Å². The summed E-state index contributed by atoms with van der Waals surface area (Å²) in [5.74, 6) is 0. The number of aliphatic hydroxyl groups excluding tert-OH is 1. The first-order valence-electron chi connectivity index (χ1n) is 5.67. The number of aryl methyl sites for hydroxylation is 1. The zero-order valence-corrected chi connectivity index (χ0v) is 11.6. The third-order valence-electron chi connectivity index (χ3n) is 3.52. The normalized spacial score (nSPS) is 20.4. The number of rotatable bonds is 2. The molecule has 0 aromatic carbocycles. The smallest absolute Gasteiger partial charge is 0.0950 e. The molecule has 3 rings (SSSR count). The van der Waals surface area contributed by atoms with Crippen molar-refractivity contribution in [3.63, 3.8) is 0 Å². The summed E-state index contributed by atoms with van der Waals surface area (Å²) in [5, 5.41) is 12.5. The van der Waals surface area contributed by atoms with Crippen LogP contribution in [-0.2, 0) is 44.2 Å². The second kappa shape index (κ2) is 4.84. The van der Waals surface area contributed by atoms with E-state index in [4.69, 9.17) is 0 Å². The van der Waals surface area contributed by atoms with Gasteiger partial charge in [0, 0.05) is 25.8 Å². The summed E-state index contributed by atoms with van der Waals surface area (Å²) >= 11 is 0. The van der Waals surface area contributed by atoms with E-state index in [1.54, 1.807) is 6.41 Å². The molecule has 1 unspecified atom stereocenters. The Morgan fingerprint density at radius 3 is 2.88 bits per heavy atom. The fourth-order valence-corrected chi connectivity index (χ4v) is 2.79. The molecular formula is C12H13IrN2O2-. The van der Waals surface area contributed by atoms with Crippen LogP contribution in [0.1, 0.15) is 41.5 Å². The molecule has 17 heavy (non-hydrogen) atoms. The number of amides is 1. The average Bonchev–Trinajstić information content (AvgIpc) is 2.87. The van der Waals surface area contributed by atoms with Crippen molar-refractivity contribution in [2.75, 3.05) is 5.32 Å². The summed E-state index contributed by atoms with van der Waals surface area (Å²) in [6.45, 7) is 0. The van der Waals surface area contributed by atoms with E-state index in [0.29, 0.717) is 6.42 Å². The second-order valence-electron chi connectivity index (χ2n) is 4.41. The average molecular weight is 409 g/mol. The van der Waals surface area contributed by atoms with Gasteiger partial charge in [-0.15, -0.1) is 0 Å². The molecule has 0 saturated heterocycles. The van der Waals surface area contributed by atoms with E-state index in [1.807, 2.05) is 0 Å². The number of fused-ring (bicyclic) bond motifs is 2. The molecule has 2 N–H and O–H groups in total. The van der Waals surface area contributed by atoms with Gasteiger partial charge in [-0.25, -0.2) is 0 Å². The number of hydrogen-bond donors (Lipinski definition) is 2. The van der Waals surface area contributed by atoms with Gasteiger partial charge in [-0.1, -0.05) is 16.8 Å². The van der Waals surface area contributed by atoms with Crippen molar-refractivity contribution >= 4 is 12.1 Å². The van der Waals surface area contributed by atoms with Crippen LogP contribution in [0.25, 0.3) is 0 Å². The molecular weight excluding hydrogens is 396 g/mol. The number of pyridine rings is 1. The van der Waals surface area contributed by atoms with Crippen molar-refractivity contribution < 1.29 is 30.0 Å². The first-order chi connectivity index (χ1) is 7.81. The van der Waals surface area contributed by atoms with Crippen molar-refractivity contribution in [1.82, 2.24) is 4.98 Å². The van der Waals surface area contributed by atoms with E-state index in [-0.39, 0.29) is 20.1 Å². The maximum Gasteiger partial charge on any atom is 0.0950 e. The van der Waals surface area contributed by atoms with E-state index in [9.17, 15) is 9.90 Å². The Morgan fingerprint density at radius 2 is 2.12 bits per heavy atom. The number of nitrogens with zero attached hydrogens (tertiary/aromatic N) is 1. The second-order valence-corrected chi connectivity index (χ2v) is 4.41. The van der Waals surface area contributed by atoms with Crippen LogP contribution in [0.4, 0.5) is 5.69 Å². The van der Waals surface area contributed by atoms with Gasteiger partial charge >= 0.3 is 0 Å². The maximum absolute atomic E-state index is 10.5. The molecule has 5 heteroatoms. The molecule has 0 saturated carbocycles. The summed E-state index contributed by atoms with van der Waals surface area (Å²) in [4.78, 5) is 15.1. The molecule has 0 fully saturated rings. The Bertz CT molecular complexity index is 462. The van der Waals surface area contributed by atoms with Crippen molar-refractivity contribution in [2.24, 2.45) is 0 Å². The Morgan fingerprint density at radius 1 is 1.29 bits per heavy atom. The molecule has 1 amide bonds. The van der Waals surface area contributed by atoms with Gasteiger partial charge in [0.15, 0.2) is 0 Å². The molecule has 4 nitrogen and oxygen atoms in total. The quantitative estimate of drug-likeness (QED) is 0.567. The predicted molar refractivity (Wildman–Crippen MR) is 58.9 cm³/mol. The van der Waals surface area contributed by atoms with Gasteiger partial charge < -0.3 is 15.2 Å². The van der Waals surface area contributed by atoms with Gasteiger partial charge in [0.2, 0.25) is 0 Å². The van der Waals surface area contributed by atoms with Gasteiger partial charge in [0.1, 0.15) is 0 Å². The number of hydrogen-bond acceptors (Lipinski definition) is 3. The minimum atomic E-state index is -0.465. The van der Waals surface area contributed by atoms with Crippen LogP contribution in [0.5, 0.6) is 0 Å². The van der Waals surface area contributed by atoms with Gasteiger partial charge in [0.25, 0.3) is 0 Å². The number of aliphatic hydroxyl groups is 1. The molecule has 1 aromatic rings. The number of carbonyl (C=O) groups excluding carboxylic acids is 1. The molecule has 1 heterocycles. The monoisotopic (exact) mass is 410 g/mol. The zero-order valence-electron chi connectivity index (χ0n) is 9.25. The first kappa shape index (κ1) is 12.7. The molecule has 2 aliphatic rings. The van der Waals surface area contributed by atoms with Crippen LogP contribution < -0.4 is 5.32 Å². The number of aromatic nitrogens is 1. The van der Waals surface area contributed by atoms with Gasteiger partial charge in [-0.2, -0.15) is 0 Å². The van der Waals surface area contributed by atoms with Crippen LogP contribution in [0.3, 0.4) is 0 Å². The van der Waals surface area contributed by atoms with Crippen LogP contribution in [0.15, 0.2) is 0 Å². The van der Waals surface area contributed by atoms with Crippen molar-refractivity contribution in [2.45, 2.75) is 38.2 Å². The molecule has 1 atom stereocenters. The number of nitrogens with one attached hydrogen (secondary N) is 1. The molecule has 0 aliphatic heterocycles. The van der Waals surface area contributed by atoms with Crippen molar-refractivity contribution in [3.05, 3.63) is 22.5 Å².